The molecular formula is C19H17Cl2N5O. The lowest BCUT2D eigenvalue weighted by atomic mass is 10.1. The molecule has 0 radical (unpaired) electrons. The number of nitrogens with one attached hydrogen (secondary N) is 1. The molecule has 3 N–H and O–H groups in total. The Morgan fingerprint density at radius 2 is 2.00 bits per heavy atom. The van der Waals surface area contributed by atoms with Gasteiger partial charge in [-0.25, -0.2) is 9.97 Å². The van der Waals surface area contributed by atoms with Crippen LogP contribution in [0.1, 0.15) is 16.8 Å². The maximum absolute atomic E-state index is 12.6. The third-order valence-corrected chi connectivity index (χ3v) is 5.15. The van der Waals surface area contributed by atoms with Crippen molar-refractivity contribution in [2.24, 2.45) is 0 Å². The van der Waals surface area contributed by atoms with E-state index in [1.807, 2.05) is 12.1 Å². The third-order valence-electron chi connectivity index (χ3n) is 4.60. The number of fused-ring (bicyclic) bond motifs is 1. The molecule has 1 aliphatic rings. The van der Waals surface area contributed by atoms with E-state index in [1.54, 1.807) is 18.2 Å². The van der Waals surface area contributed by atoms with Gasteiger partial charge in [0.05, 0.1) is 16.3 Å². The first-order valence-corrected chi connectivity index (χ1v) is 9.25. The average molecular weight is 402 g/mol. The number of hydrogen-bond donors (Lipinski definition) is 2. The van der Waals surface area contributed by atoms with E-state index >= 15 is 0 Å². The van der Waals surface area contributed by atoms with Crippen LogP contribution >= 0.6 is 23.2 Å². The number of benzene rings is 1. The number of aromatic amines is 1. The highest BCUT2D eigenvalue weighted by atomic mass is 35.5. The zero-order valence-corrected chi connectivity index (χ0v) is 15.9. The minimum Gasteiger partial charge on any atom is -0.399 e. The van der Waals surface area contributed by atoms with Gasteiger partial charge in [0.25, 0.3) is 5.56 Å². The van der Waals surface area contributed by atoms with Crippen molar-refractivity contribution in [3.8, 4) is 11.4 Å². The van der Waals surface area contributed by atoms with Gasteiger partial charge in [-0.05, 0) is 30.3 Å². The zero-order valence-electron chi connectivity index (χ0n) is 14.4. The second-order valence-corrected chi connectivity index (χ2v) is 7.32. The van der Waals surface area contributed by atoms with Crippen LogP contribution < -0.4 is 11.3 Å². The van der Waals surface area contributed by atoms with E-state index in [-0.39, 0.29) is 5.56 Å². The molecule has 0 unspecified atom stereocenters. The Morgan fingerprint density at radius 3 is 2.78 bits per heavy atom. The molecule has 0 spiro atoms. The molecular weight excluding hydrogens is 385 g/mol. The van der Waals surface area contributed by atoms with Gasteiger partial charge in [0.15, 0.2) is 0 Å². The van der Waals surface area contributed by atoms with Gasteiger partial charge < -0.3 is 10.7 Å². The summed E-state index contributed by atoms with van der Waals surface area (Å²) in [5.74, 6) is 0.564. The molecule has 8 heteroatoms. The van der Waals surface area contributed by atoms with Crippen LogP contribution in [0.3, 0.4) is 0 Å². The van der Waals surface area contributed by atoms with Gasteiger partial charge in [-0.3, -0.25) is 9.69 Å². The van der Waals surface area contributed by atoms with Crippen LogP contribution in [-0.4, -0.2) is 26.4 Å². The van der Waals surface area contributed by atoms with Crippen LogP contribution in [0, 0.1) is 0 Å². The predicted molar refractivity (Wildman–Crippen MR) is 107 cm³/mol. The Labute approximate surface area is 166 Å². The molecule has 138 valence electrons. The van der Waals surface area contributed by atoms with Crippen molar-refractivity contribution < 1.29 is 0 Å². The summed E-state index contributed by atoms with van der Waals surface area (Å²) in [6.07, 6.45) is 2.21. The van der Waals surface area contributed by atoms with Crippen molar-refractivity contribution >= 4 is 28.9 Å². The highest BCUT2D eigenvalue weighted by Gasteiger charge is 2.22. The monoisotopic (exact) mass is 401 g/mol. The number of rotatable bonds is 3. The van der Waals surface area contributed by atoms with Crippen LogP contribution in [0.25, 0.3) is 11.4 Å². The van der Waals surface area contributed by atoms with Crippen LogP contribution in [0.4, 0.5) is 5.69 Å². The molecule has 1 aromatic carbocycles. The summed E-state index contributed by atoms with van der Waals surface area (Å²) in [5.41, 5.74) is 9.47. The van der Waals surface area contributed by atoms with Crippen molar-refractivity contribution in [1.29, 1.82) is 0 Å². The number of aromatic nitrogens is 3. The van der Waals surface area contributed by atoms with E-state index in [4.69, 9.17) is 28.9 Å². The number of anilines is 1. The highest BCUT2D eigenvalue weighted by molar-refractivity contribution is 6.32. The Morgan fingerprint density at radius 1 is 1.22 bits per heavy atom. The van der Waals surface area contributed by atoms with E-state index in [0.29, 0.717) is 46.8 Å². The van der Waals surface area contributed by atoms with Crippen molar-refractivity contribution in [3.63, 3.8) is 0 Å². The normalized spacial score (nSPS) is 14.1. The summed E-state index contributed by atoms with van der Waals surface area (Å²) in [4.78, 5) is 26.4. The minimum absolute atomic E-state index is 0.119. The molecule has 1 aliphatic heterocycles. The van der Waals surface area contributed by atoms with Gasteiger partial charge in [0.1, 0.15) is 11.0 Å². The van der Waals surface area contributed by atoms with Crippen LogP contribution in [0.5, 0.6) is 0 Å². The van der Waals surface area contributed by atoms with Crippen molar-refractivity contribution in [2.75, 3.05) is 12.3 Å². The minimum atomic E-state index is -0.119. The van der Waals surface area contributed by atoms with Crippen LogP contribution in [0.2, 0.25) is 10.2 Å². The Hall–Kier alpha value is -2.41. The maximum Gasteiger partial charge on any atom is 0.255 e. The first-order chi connectivity index (χ1) is 13.0. The molecule has 0 fully saturated rings. The second-order valence-electron chi connectivity index (χ2n) is 6.53. The van der Waals surface area contributed by atoms with Gasteiger partial charge in [-0.2, -0.15) is 0 Å². The van der Waals surface area contributed by atoms with E-state index in [2.05, 4.69) is 19.9 Å². The lowest BCUT2D eigenvalue weighted by Gasteiger charge is -2.28. The number of H-pyrrole nitrogens is 1. The van der Waals surface area contributed by atoms with Crippen molar-refractivity contribution in [3.05, 3.63) is 73.9 Å². The first-order valence-electron chi connectivity index (χ1n) is 8.50. The summed E-state index contributed by atoms with van der Waals surface area (Å²) in [6, 6.07) is 9.09. The zero-order chi connectivity index (χ0) is 19.0. The average Bonchev–Trinajstić information content (AvgIpc) is 2.65. The lowest BCUT2D eigenvalue weighted by Crippen LogP contribution is -2.35. The Bertz CT molecular complexity index is 1050. The van der Waals surface area contributed by atoms with Gasteiger partial charge >= 0.3 is 0 Å². The molecule has 0 saturated heterocycles. The fraction of sp³-hybridized carbons (Fsp3) is 0.211. The molecule has 0 saturated carbocycles. The molecule has 2 aromatic heterocycles. The molecule has 3 heterocycles. The number of pyridine rings is 1. The van der Waals surface area contributed by atoms with E-state index in [9.17, 15) is 4.79 Å². The van der Waals surface area contributed by atoms with Crippen LogP contribution in [-0.2, 0) is 19.5 Å². The number of hydrogen-bond acceptors (Lipinski definition) is 5. The predicted octanol–water partition coefficient (Wildman–Crippen LogP) is 3.28. The summed E-state index contributed by atoms with van der Waals surface area (Å²) in [6.45, 7) is 1.85. The largest absolute Gasteiger partial charge is 0.399 e. The van der Waals surface area contributed by atoms with Gasteiger partial charge in [-0.15, -0.1) is 0 Å². The molecule has 3 aromatic rings. The van der Waals surface area contributed by atoms with Crippen molar-refractivity contribution in [2.45, 2.75) is 19.5 Å². The summed E-state index contributed by atoms with van der Waals surface area (Å²) in [7, 11) is 0. The molecule has 0 amide bonds. The Balaban J connectivity index is 1.59. The summed E-state index contributed by atoms with van der Waals surface area (Å²) < 4.78 is 0. The van der Waals surface area contributed by atoms with Gasteiger partial charge in [0.2, 0.25) is 0 Å². The van der Waals surface area contributed by atoms with E-state index in [0.717, 1.165) is 23.4 Å². The first kappa shape index (κ1) is 18.0. The molecule has 0 atom stereocenters. The molecule has 0 aliphatic carbocycles. The molecule has 0 bridgehead atoms. The topological polar surface area (TPSA) is 87.9 Å². The van der Waals surface area contributed by atoms with E-state index < -0.39 is 0 Å². The number of halogens is 2. The third kappa shape index (κ3) is 3.83. The molecule has 27 heavy (non-hydrogen) atoms. The van der Waals surface area contributed by atoms with Crippen LogP contribution in [0.15, 0.2) is 41.3 Å². The lowest BCUT2D eigenvalue weighted by molar-refractivity contribution is 0.241. The maximum atomic E-state index is 12.6. The number of nitrogen functional groups attached to an aromatic ring is 1. The van der Waals surface area contributed by atoms with Crippen molar-refractivity contribution in [1.82, 2.24) is 19.9 Å². The fourth-order valence-electron chi connectivity index (χ4n) is 3.21. The van der Waals surface area contributed by atoms with Gasteiger partial charge in [-0.1, -0.05) is 23.2 Å². The SMILES string of the molecule is Nc1ccc(-c2nc3c(c(=O)[nH]2)CN(Cc2cc(Cl)cnc2Cl)CC3)cc1. The quantitative estimate of drug-likeness (QED) is 0.519. The van der Waals surface area contributed by atoms with E-state index in [1.165, 1.54) is 6.20 Å². The summed E-state index contributed by atoms with van der Waals surface area (Å²) >= 11 is 12.2. The number of nitrogens with two attached hydrogens (primary N) is 1. The molecule has 6 nitrogen and oxygen atoms in total. The van der Waals surface area contributed by atoms with Gasteiger partial charge in [0, 0.05) is 49.1 Å². The Kier molecular flexibility index (Phi) is 4.86. The highest BCUT2D eigenvalue weighted by Crippen LogP contribution is 2.23. The number of nitrogens with zero attached hydrogens (tertiary/aromatic N) is 3. The summed E-state index contributed by atoms with van der Waals surface area (Å²) in [5, 5.41) is 0.968. The second kappa shape index (κ2) is 7.31. The standard InChI is InChI=1S/C19H17Cl2N5O/c20-13-7-12(17(21)23-8-13)9-26-6-5-16-15(10-26)19(27)25-18(24-16)11-1-3-14(22)4-2-11/h1-4,7-8H,5-6,9-10,22H2,(H,24,25,27). The fourth-order valence-corrected chi connectivity index (χ4v) is 3.55. The molecule has 4 rings (SSSR count). The smallest absolute Gasteiger partial charge is 0.255 e.